The van der Waals surface area contributed by atoms with E-state index in [1.165, 1.54) is 0 Å². The molecule has 1 fully saturated rings. The molecule has 2 aromatic rings. The second kappa shape index (κ2) is 8.05. The van der Waals surface area contributed by atoms with Crippen LogP contribution in [0.15, 0.2) is 20.3 Å². The Morgan fingerprint density at radius 1 is 1.27 bits per heavy atom. The van der Waals surface area contributed by atoms with Gasteiger partial charge in [0, 0.05) is 24.1 Å². The standard InChI is InChI=1S/C14H19BrN4O2S/c15-11-3-10-22-12(11)13-17-18-14(21-13)16-4-1-2-5-19-6-8-20-9-7-19/h3,10H,1-2,4-9H2,(H,16,18). The van der Waals surface area contributed by atoms with E-state index in [-0.39, 0.29) is 0 Å². The summed E-state index contributed by atoms with van der Waals surface area (Å²) in [7, 11) is 0. The van der Waals surface area contributed by atoms with Crippen LogP contribution in [0.25, 0.3) is 10.8 Å². The molecule has 0 aliphatic carbocycles. The second-order valence-corrected chi connectivity index (χ2v) is 6.87. The van der Waals surface area contributed by atoms with Crippen LogP contribution in [0.5, 0.6) is 0 Å². The van der Waals surface area contributed by atoms with E-state index in [2.05, 4.69) is 36.3 Å². The van der Waals surface area contributed by atoms with Crippen molar-refractivity contribution in [3.05, 3.63) is 15.9 Å². The molecule has 0 aromatic carbocycles. The topological polar surface area (TPSA) is 63.4 Å². The quantitative estimate of drug-likeness (QED) is 0.737. The maximum absolute atomic E-state index is 5.63. The van der Waals surface area contributed by atoms with Gasteiger partial charge in [-0.1, -0.05) is 5.10 Å². The van der Waals surface area contributed by atoms with Crippen LogP contribution in [-0.2, 0) is 4.74 Å². The van der Waals surface area contributed by atoms with E-state index < -0.39 is 0 Å². The second-order valence-electron chi connectivity index (χ2n) is 5.10. The van der Waals surface area contributed by atoms with Crippen LogP contribution in [0.2, 0.25) is 0 Å². The number of morpholine rings is 1. The fraction of sp³-hybridized carbons (Fsp3) is 0.571. The number of hydrogen-bond donors (Lipinski definition) is 1. The summed E-state index contributed by atoms with van der Waals surface area (Å²) in [6.07, 6.45) is 2.24. The number of rotatable bonds is 7. The zero-order valence-corrected chi connectivity index (χ0v) is 14.7. The molecule has 2 aromatic heterocycles. The fourth-order valence-electron chi connectivity index (χ4n) is 2.31. The van der Waals surface area contributed by atoms with E-state index in [0.717, 1.165) is 61.6 Å². The molecule has 1 N–H and O–H groups in total. The maximum atomic E-state index is 5.63. The Morgan fingerprint density at radius 2 is 2.14 bits per heavy atom. The van der Waals surface area contributed by atoms with Crippen molar-refractivity contribution in [2.45, 2.75) is 12.8 Å². The molecule has 0 atom stereocenters. The number of nitrogens with one attached hydrogen (secondary N) is 1. The minimum Gasteiger partial charge on any atom is -0.402 e. The van der Waals surface area contributed by atoms with Gasteiger partial charge in [0.1, 0.15) is 4.88 Å². The van der Waals surface area contributed by atoms with Gasteiger partial charge in [-0.2, -0.15) is 0 Å². The van der Waals surface area contributed by atoms with Gasteiger partial charge in [0.2, 0.25) is 0 Å². The summed E-state index contributed by atoms with van der Waals surface area (Å²) in [5.41, 5.74) is 0. The van der Waals surface area contributed by atoms with Gasteiger partial charge in [-0.15, -0.1) is 16.4 Å². The Morgan fingerprint density at radius 3 is 2.91 bits per heavy atom. The largest absolute Gasteiger partial charge is 0.402 e. The molecule has 0 bridgehead atoms. The fourth-order valence-corrected chi connectivity index (χ4v) is 3.77. The average molecular weight is 387 g/mol. The molecule has 3 heterocycles. The first-order chi connectivity index (χ1) is 10.8. The monoisotopic (exact) mass is 386 g/mol. The first-order valence-corrected chi connectivity index (χ1v) is 9.11. The molecule has 1 aliphatic rings. The summed E-state index contributed by atoms with van der Waals surface area (Å²) in [6, 6.07) is 2.46. The normalized spacial score (nSPS) is 16.0. The van der Waals surface area contributed by atoms with Crippen molar-refractivity contribution in [2.75, 3.05) is 44.7 Å². The molecule has 8 heteroatoms. The number of nitrogens with zero attached hydrogens (tertiary/aromatic N) is 3. The Balaban J connectivity index is 1.37. The van der Waals surface area contributed by atoms with Crippen molar-refractivity contribution >= 4 is 33.3 Å². The van der Waals surface area contributed by atoms with E-state index >= 15 is 0 Å². The van der Waals surface area contributed by atoms with Crippen LogP contribution in [0.4, 0.5) is 6.01 Å². The van der Waals surface area contributed by atoms with Crippen molar-refractivity contribution in [3.63, 3.8) is 0 Å². The Bertz CT molecular complexity index is 583. The van der Waals surface area contributed by atoms with Gasteiger partial charge in [-0.25, -0.2) is 0 Å². The number of anilines is 1. The number of hydrogen-bond acceptors (Lipinski definition) is 7. The molecule has 22 heavy (non-hydrogen) atoms. The van der Waals surface area contributed by atoms with E-state index in [1.54, 1.807) is 11.3 Å². The summed E-state index contributed by atoms with van der Waals surface area (Å²) in [6.45, 7) is 5.80. The molecule has 6 nitrogen and oxygen atoms in total. The van der Waals surface area contributed by atoms with Gasteiger partial charge in [0.05, 0.1) is 13.2 Å². The highest BCUT2D eigenvalue weighted by Gasteiger charge is 2.13. The van der Waals surface area contributed by atoms with E-state index in [1.807, 2.05) is 11.4 Å². The van der Waals surface area contributed by atoms with Crippen LogP contribution in [-0.4, -0.2) is 54.5 Å². The molecule has 3 rings (SSSR count). The lowest BCUT2D eigenvalue weighted by molar-refractivity contribution is 0.0373. The third-order valence-electron chi connectivity index (χ3n) is 3.52. The molecule has 0 radical (unpaired) electrons. The van der Waals surface area contributed by atoms with E-state index in [9.17, 15) is 0 Å². The molecular weight excluding hydrogens is 368 g/mol. The molecule has 0 saturated carbocycles. The molecule has 0 unspecified atom stereocenters. The van der Waals surface area contributed by atoms with Crippen LogP contribution in [0, 0.1) is 0 Å². The smallest absolute Gasteiger partial charge is 0.315 e. The predicted octanol–water partition coefficient (Wildman–Crippen LogP) is 3.08. The van der Waals surface area contributed by atoms with Gasteiger partial charge < -0.3 is 14.5 Å². The van der Waals surface area contributed by atoms with Gasteiger partial charge >= 0.3 is 6.01 Å². The Kier molecular flexibility index (Phi) is 5.82. The van der Waals surface area contributed by atoms with Crippen molar-refractivity contribution in [3.8, 4) is 10.8 Å². The molecule has 1 saturated heterocycles. The molecular formula is C14H19BrN4O2S. The number of halogens is 1. The van der Waals surface area contributed by atoms with Gasteiger partial charge in [0.25, 0.3) is 5.89 Å². The highest BCUT2D eigenvalue weighted by atomic mass is 79.9. The van der Waals surface area contributed by atoms with Crippen molar-refractivity contribution < 1.29 is 9.15 Å². The molecule has 120 valence electrons. The molecule has 0 spiro atoms. The van der Waals surface area contributed by atoms with Crippen molar-refractivity contribution in [1.29, 1.82) is 0 Å². The molecule has 1 aliphatic heterocycles. The number of unbranched alkanes of at least 4 members (excludes halogenated alkanes) is 1. The number of aromatic nitrogens is 2. The molecule has 0 amide bonds. The van der Waals surface area contributed by atoms with Crippen LogP contribution < -0.4 is 5.32 Å². The summed E-state index contributed by atoms with van der Waals surface area (Å²) in [5, 5.41) is 13.3. The summed E-state index contributed by atoms with van der Waals surface area (Å²) < 4.78 is 12.0. The van der Waals surface area contributed by atoms with E-state index in [4.69, 9.17) is 9.15 Å². The van der Waals surface area contributed by atoms with Crippen molar-refractivity contribution in [1.82, 2.24) is 15.1 Å². The predicted molar refractivity (Wildman–Crippen MR) is 90.3 cm³/mol. The minimum atomic E-state index is 0.488. The SMILES string of the molecule is Brc1ccsc1-c1nnc(NCCCCN2CCOCC2)o1. The average Bonchev–Trinajstić information content (AvgIpc) is 3.16. The van der Waals surface area contributed by atoms with E-state index in [0.29, 0.717) is 11.9 Å². The maximum Gasteiger partial charge on any atom is 0.315 e. The zero-order valence-electron chi connectivity index (χ0n) is 12.3. The third-order valence-corrected chi connectivity index (χ3v) is 5.34. The third kappa shape index (κ3) is 4.28. The van der Waals surface area contributed by atoms with Gasteiger partial charge in [-0.05, 0) is 46.8 Å². The Hall–Kier alpha value is -0.960. The summed E-state index contributed by atoms with van der Waals surface area (Å²) in [5.74, 6) is 0.553. The van der Waals surface area contributed by atoms with Gasteiger partial charge in [0.15, 0.2) is 0 Å². The first-order valence-electron chi connectivity index (χ1n) is 7.44. The van der Waals surface area contributed by atoms with Gasteiger partial charge in [-0.3, -0.25) is 4.90 Å². The lowest BCUT2D eigenvalue weighted by atomic mass is 10.3. The number of ether oxygens (including phenoxy) is 1. The lowest BCUT2D eigenvalue weighted by Crippen LogP contribution is -2.36. The number of thiophene rings is 1. The minimum absolute atomic E-state index is 0.488. The summed E-state index contributed by atoms with van der Waals surface area (Å²) in [4.78, 5) is 3.41. The Labute approximate surface area is 142 Å². The zero-order chi connectivity index (χ0) is 15.2. The highest BCUT2D eigenvalue weighted by Crippen LogP contribution is 2.32. The van der Waals surface area contributed by atoms with Crippen LogP contribution >= 0.6 is 27.3 Å². The summed E-state index contributed by atoms with van der Waals surface area (Å²) >= 11 is 5.05. The van der Waals surface area contributed by atoms with Crippen molar-refractivity contribution in [2.24, 2.45) is 0 Å². The first kappa shape index (κ1) is 15.9. The lowest BCUT2D eigenvalue weighted by Gasteiger charge is -2.26. The highest BCUT2D eigenvalue weighted by molar-refractivity contribution is 9.10. The van der Waals surface area contributed by atoms with Crippen LogP contribution in [0.3, 0.4) is 0 Å². The van der Waals surface area contributed by atoms with Crippen LogP contribution in [0.1, 0.15) is 12.8 Å².